The van der Waals surface area contributed by atoms with E-state index in [4.69, 9.17) is 5.73 Å². The molecule has 2 rings (SSSR count). The van der Waals surface area contributed by atoms with Gasteiger partial charge in [-0.15, -0.1) is 12.4 Å². The summed E-state index contributed by atoms with van der Waals surface area (Å²) >= 11 is 0. The number of hydrogen-bond acceptors (Lipinski definition) is 3. The van der Waals surface area contributed by atoms with Crippen LogP contribution in [0.2, 0.25) is 0 Å². The molecule has 2 N–H and O–H groups in total. The summed E-state index contributed by atoms with van der Waals surface area (Å²) in [4.78, 5) is 0. The Kier molecular flexibility index (Phi) is 6.45. The molecule has 0 spiro atoms. The van der Waals surface area contributed by atoms with Crippen LogP contribution in [0.25, 0.3) is 0 Å². The van der Waals surface area contributed by atoms with E-state index in [0.29, 0.717) is 25.4 Å². The zero-order valence-electron chi connectivity index (χ0n) is 11.7. The highest BCUT2D eigenvalue weighted by Gasteiger charge is 2.35. The first-order valence-corrected chi connectivity index (χ1v) is 8.37. The van der Waals surface area contributed by atoms with Crippen LogP contribution in [0.1, 0.15) is 18.9 Å². The van der Waals surface area contributed by atoms with E-state index in [1.165, 1.54) is 0 Å². The van der Waals surface area contributed by atoms with Crippen molar-refractivity contribution < 1.29 is 8.42 Å². The summed E-state index contributed by atoms with van der Waals surface area (Å²) in [6.45, 7) is 3.11. The van der Waals surface area contributed by atoms with Crippen LogP contribution in [0.15, 0.2) is 30.3 Å². The van der Waals surface area contributed by atoms with Gasteiger partial charge >= 0.3 is 0 Å². The Bertz CT molecular complexity index is 507. The fourth-order valence-corrected chi connectivity index (χ4v) is 4.48. The van der Waals surface area contributed by atoms with Crippen LogP contribution in [0.3, 0.4) is 0 Å². The van der Waals surface area contributed by atoms with Gasteiger partial charge in [-0.1, -0.05) is 30.3 Å². The highest BCUT2D eigenvalue weighted by molar-refractivity contribution is 7.89. The van der Waals surface area contributed by atoms with Crippen LogP contribution >= 0.6 is 12.4 Å². The average molecular weight is 319 g/mol. The molecule has 1 aliphatic rings. The Balaban J connectivity index is 0.00000200. The molecule has 20 heavy (non-hydrogen) atoms. The zero-order chi connectivity index (χ0) is 13.9. The van der Waals surface area contributed by atoms with Gasteiger partial charge in [0.25, 0.3) is 0 Å². The summed E-state index contributed by atoms with van der Waals surface area (Å²) in [5.41, 5.74) is 6.71. The lowest BCUT2D eigenvalue weighted by molar-refractivity contribution is 0.404. The molecule has 1 aromatic carbocycles. The van der Waals surface area contributed by atoms with Gasteiger partial charge < -0.3 is 5.73 Å². The van der Waals surface area contributed by atoms with Gasteiger partial charge in [0.1, 0.15) is 0 Å². The third-order valence-corrected chi connectivity index (χ3v) is 5.73. The van der Waals surface area contributed by atoms with Crippen molar-refractivity contribution in [1.82, 2.24) is 4.31 Å². The molecule has 2 unspecified atom stereocenters. The van der Waals surface area contributed by atoms with Crippen LogP contribution in [0.4, 0.5) is 0 Å². The quantitative estimate of drug-likeness (QED) is 0.898. The van der Waals surface area contributed by atoms with E-state index in [9.17, 15) is 8.42 Å². The smallest absolute Gasteiger partial charge is 0.214 e. The lowest BCUT2D eigenvalue weighted by Crippen LogP contribution is -2.36. The second-order valence-electron chi connectivity index (χ2n) is 5.31. The third kappa shape index (κ3) is 4.19. The molecule has 1 heterocycles. The molecule has 2 atom stereocenters. The zero-order valence-corrected chi connectivity index (χ0v) is 13.4. The topological polar surface area (TPSA) is 63.4 Å². The van der Waals surface area contributed by atoms with Crippen molar-refractivity contribution in [3.05, 3.63) is 35.9 Å². The number of nitrogens with zero attached hydrogens (tertiary/aromatic N) is 1. The van der Waals surface area contributed by atoms with E-state index in [2.05, 4.69) is 0 Å². The number of sulfonamides is 1. The van der Waals surface area contributed by atoms with Crippen molar-refractivity contribution in [3.63, 3.8) is 0 Å². The van der Waals surface area contributed by atoms with E-state index < -0.39 is 10.0 Å². The average Bonchev–Trinajstić information content (AvgIpc) is 2.80. The Morgan fingerprint density at radius 2 is 1.95 bits per heavy atom. The van der Waals surface area contributed by atoms with Crippen molar-refractivity contribution in [3.8, 4) is 0 Å². The number of benzene rings is 1. The van der Waals surface area contributed by atoms with Crippen molar-refractivity contribution >= 4 is 22.4 Å². The molecule has 0 radical (unpaired) electrons. The van der Waals surface area contributed by atoms with Crippen molar-refractivity contribution in [2.45, 2.75) is 25.8 Å². The molecule has 1 saturated heterocycles. The van der Waals surface area contributed by atoms with Gasteiger partial charge in [0.05, 0.1) is 5.75 Å². The molecule has 0 saturated carbocycles. The largest absolute Gasteiger partial charge is 0.330 e. The van der Waals surface area contributed by atoms with Gasteiger partial charge in [-0.3, -0.25) is 0 Å². The fraction of sp³-hybridized carbons (Fsp3) is 0.571. The van der Waals surface area contributed by atoms with Crippen LogP contribution in [0.5, 0.6) is 0 Å². The minimum Gasteiger partial charge on any atom is -0.330 e. The SMILES string of the molecule is CC1CC(CN)CN1S(=O)(=O)CCc1ccccc1.Cl. The normalized spacial score (nSPS) is 23.5. The molecule has 0 bridgehead atoms. The first-order chi connectivity index (χ1) is 9.03. The molecule has 0 aromatic heterocycles. The first kappa shape index (κ1) is 17.4. The number of halogens is 1. The molecule has 114 valence electrons. The number of hydrogen-bond donors (Lipinski definition) is 1. The maximum absolute atomic E-state index is 12.4. The highest BCUT2D eigenvalue weighted by atomic mass is 35.5. The summed E-state index contributed by atoms with van der Waals surface area (Å²) < 4.78 is 26.4. The minimum absolute atomic E-state index is 0. The molecule has 4 nitrogen and oxygen atoms in total. The van der Waals surface area contributed by atoms with Crippen LogP contribution in [-0.4, -0.2) is 37.6 Å². The molecule has 1 aliphatic heterocycles. The summed E-state index contributed by atoms with van der Waals surface area (Å²) in [7, 11) is -3.17. The van der Waals surface area contributed by atoms with Crippen molar-refractivity contribution in [2.75, 3.05) is 18.8 Å². The van der Waals surface area contributed by atoms with Crippen LogP contribution in [0, 0.1) is 5.92 Å². The molecule has 6 heteroatoms. The number of nitrogens with two attached hydrogens (primary N) is 1. The predicted molar refractivity (Wildman–Crippen MR) is 84.5 cm³/mol. The highest BCUT2D eigenvalue weighted by Crippen LogP contribution is 2.25. The molecule has 0 amide bonds. The van der Waals surface area contributed by atoms with E-state index in [1.807, 2.05) is 37.3 Å². The minimum atomic E-state index is -3.17. The van der Waals surface area contributed by atoms with Crippen molar-refractivity contribution in [2.24, 2.45) is 11.7 Å². The third-order valence-electron chi connectivity index (χ3n) is 3.79. The summed E-state index contributed by atoms with van der Waals surface area (Å²) in [5.74, 6) is 0.486. The maximum atomic E-state index is 12.4. The van der Waals surface area contributed by atoms with E-state index in [0.717, 1.165) is 12.0 Å². The predicted octanol–water partition coefficient (Wildman–Crippen LogP) is 1.65. The van der Waals surface area contributed by atoms with Gasteiger partial charge in [0.15, 0.2) is 0 Å². The van der Waals surface area contributed by atoms with Gasteiger partial charge in [-0.05, 0) is 37.8 Å². The summed E-state index contributed by atoms with van der Waals surface area (Å²) in [5, 5.41) is 0. The molecule has 0 aliphatic carbocycles. The van der Waals surface area contributed by atoms with Gasteiger partial charge in [0.2, 0.25) is 10.0 Å². The van der Waals surface area contributed by atoms with Gasteiger partial charge in [-0.25, -0.2) is 8.42 Å². The monoisotopic (exact) mass is 318 g/mol. The maximum Gasteiger partial charge on any atom is 0.214 e. The number of rotatable bonds is 5. The lowest BCUT2D eigenvalue weighted by atomic mass is 10.1. The molecule has 1 aromatic rings. The molecule has 1 fully saturated rings. The molecular formula is C14H23ClN2O2S. The summed E-state index contributed by atoms with van der Waals surface area (Å²) in [6, 6.07) is 9.81. The number of aryl methyl sites for hydroxylation is 1. The summed E-state index contributed by atoms with van der Waals surface area (Å²) in [6.07, 6.45) is 1.45. The fourth-order valence-electron chi connectivity index (χ4n) is 2.68. The second-order valence-corrected chi connectivity index (χ2v) is 7.35. The Labute approximate surface area is 127 Å². The Morgan fingerprint density at radius 1 is 1.30 bits per heavy atom. The van der Waals surface area contributed by atoms with Crippen molar-refractivity contribution in [1.29, 1.82) is 0 Å². The van der Waals surface area contributed by atoms with Crippen LogP contribution < -0.4 is 5.73 Å². The first-order valence-electron chi connectivity index (χ1n) is 6.76. The lowest BCUT2D eigenvalue weighted by Gasteiger charge is -2.21. The van der Waals surface area contributed by atoms with E-state index >= 15 is 0 Å². The molecular weight excluding hydrogens is 296 g/mol. The van der Waals surface area contributed by atoms with E-state index in [-0.39, 0.29) is 24.2 Å². The van der Waals surface area contributed by atoms with E-state index in [1.54, 1.807) is 4.31 Å². The Hall–Kier alpha value is -0.620. The van der Waals surface area contributed by atoms with Gasteiger partial charge in [-0.2, -0.15) is 4.31 Å². The van der Waals surface area contributed by atoms with Crippen LogP contribution in [-0.2, 0) is 16.4 Å². The van der Waals surface area contributed by atoms with Gasteiger partial charge in [0, 0.05) is 12.6 Å². The Morgan fingerprint density at radius 3 is 2.50 bits per heavy atom. The standard InChI is InChI=1S/C14H22N2O2S.ClH/c1-12-9-14(10-15)11-16(12)19(17,18)8-7-13-5-3-2-4-6-13;/h2-6,12,14H,7-11,15H2,1H3;1H. The second kappa shape index (κ2) is 7.41.